The average Bonchev–Trinajstić information content (AvgIpc) is 3.99. The zero-order valence-corrected chi connectivity index (χ0v) is 53.0. The Hall–Kier alpha value is -2.83. The van der Waals surface area contributed by atoms with Gasteiger partial charge in [-0.3, -0.25) is 19.2 Å². The molecule has 0 radical (unpaired) electrons. The zero-order valence-electron chi connectivity index (χ0n) is 52.2. The summed E-state index contributed by atoms with van der Waals surface area (Å²) >= 11 is 1.31. The van der Waals surface area contributed by atoms with E-state index in [1.807, 2.05) is 0 Å². The predicted molar refractivity (Wildman–Crippen MR) is 332 cm³/mol. The number of rotatable bonds is 57. The summed E-state index contributed by atoms with van der Waals surface area (Å²) in [6.45, 7) is 6.49. The number of esters is 2. The summed E-state index contributed by atoms with van der Waals surface area (Å²) in [5.41, 5.74) is 0. The summed E-state index contributed by atoms with van der Waals surface area (Å²) in [4.78, 5) is 53.7. The lowest BCUT2D eigenvalue weighted by Crippen LogP contribution is -2.58. The molecule has 478 valence electrons. The lowest BCUT2D eigenvalue weighted by molar-refractivity contribution is -0.284. The van der Waals surface area contributed by atoms with Crippen LogP contribution in [-0.4, -0.2) is 120 Å². The predicted octanol–water partition coefficient (Wildman–Crippen LogP) is 14.3. The van der Waals surface area contributed by atoms with Crippen LogP contribution in [0.1, 0.15) is 310 Å². The summed E-state index contributed by atoms with van der Waals surface area (Å²) in [7, 11) is 0. The number of aromatic nitrogens is 3. The highest BCUT2D eigenvalue weighted by atomic mass is 32.2. The van der Waals surface area contributed by atoms with Crippen LogP contribution in [0.2, 0.25) is 0 Å². The fraction of sp³-hybridized carbons (Fsp3) is 0.908. The Labute approximate surface area is 502 Å². The first kappa shape index (κ1) is 75.3. The number of hydrogen-bond donors (Lipinski definition) is 6. The minimum atomic E-state index is -1.72. The van der Waals surface area contributed by atoms with E-state index in [1.165, 1.54) is 222 Å². The van der Waals surface area contributed by atoms with Gasteiger partial charge >= 0.3 is 11.9 Å². The molecule has 1 aliphatic rings. The topological polar surface area (TPSA) is 232 Å². The van der Waals surface area contributed by atoms with Crippen LogP contribution in [-0.2, 0) is 39.9 Å². The van der Waals surface area contributed by atoms with Crippen molar-refractivity contribution in [3.05, 3.63) is 6.20 Å². The number of aliphatic hydroxyl groups excluding tert-OH is 4. The number of ether oxygens (including phenoxy) is 3. The first-order chi connectivity index (χ1) is 40.0. The molecule has 0 aliphatic carbocycles. The molecule has 6 N–H and O–H groups in total. The van der Waals surface area contributed by atoms with Gasteiger partial charge in [0, 0.05) is 30.8 Å². The molecule has 2 heterocycles. The largest absolute Gasteiger partial charge is 0.462 e. The molecule has 2 amide bonds. The van der Waals surface area contributed by atoms with Crippen molar-refractivity contribution in [3.8, 4) is 0 Å². The third kappa shape index (κ3) is 40.5. The third-order valence-electron chi connectivity index (χ3n) is 16.0. The maximum Gasteiger partial charge on any atom is 0.306 e. The maximum absolute atomic E-state index is 13.9. The number of nitrogens with zero attached hydrogens (tertiary/aromatic N) is 3. The minimum absolute atomic E-state index is 0.0497. The number of carbonyl (C=O) groups excluding carboxylic acids is 4. The number of aliphatic hydroxyl groups is 4. The smallest absolute Gasteiger partial charge is 0.306 e. The molecule has 1 aliphatic heterocycles. The van der Waals surface area contributed by atoms with Crippen molar-refractivity contribution in [2.45, 2.75) is 359 Å². The van der Waals surface area contributed by atoms with E-state index in [0.29, 0.717) is 12.8 Å². The van der Waals surface area contributed by atoms with Crippen LogP contribution in [0.4, 0.5) is 5.82 Å². The van der Waals surface area contributed by atoms with Crippen molar-refractivity contribution in [2.75, 3.05) is 23.4 Å². The molecule has 5 unspecified atom stereocenters. The molecule has 0 saturated carbocycles. The van der Waals surface area contributed by atoms with Gasteiger partial charge in [0.2, 0.25) is 11.8 Å². The number of unbranched alkanes of at least 4 members (excludes halogenated alkanes) is 39. The highest BCUT2D eigenvalue weighted by Gasteiger charge is 2.43. The number of anilines is 1. The average molecular weight is 1180 g/mol. The summed E-state index contributed by atoms with van der Waals surface area (Å²) in [6, 6.07) is -1.01. The molecule has 1 aromatic rings. The molecule has 82 heavy (non-hydrogen) atoms. The molecule has 17 heteroatoms. The van der Waals surface area contributed by atoms with Crippen molar-refractivity contribution in [1.82, 2.24) is 20.3 Å². The zero-order chi connectivity index (χ0) is 59.5. The summed E-state index contributed by atoms with van der Waals surface area (Å²) < 4.78 is 18.2. The van der Waals surface area contributed by atoms with Crippen molar-refractivity contribution in [3.63, 3.8) is 0 Å². The number of thioether (sulfide) groups is 1. The standard InChI is InChI=1S/C65H121N5O11S/c1-4-7-10-13-16-19-22-25-28-31-34-37-40-43-46-58(71)66-55(64(77)67-57-50-70(69-68-57)49-56-61(74)62(75)63(76)65(78)81-56)53-82-52-54(80-60(73)48-45-42-39-36-33-30-27-24-21-18-15-12-9-6-3)51-79-59(72)47-44-41-38-35-32-29-26-23-20-17-14-11-8-5-2/h50,54-56,61-63,65,74-76,78H,4-49,51-53H2,1-3H3,(H,66,71)(H,67,77)/t54-,55-,56?,61?,62?,63?,65?/m1/s1. The van der Waals surface area contributed by atoms with E-state index in [-0.39, 0.29) is 61.2 Å². The van der Waals surface area contributed by atoms with Gasteiger partial charge < -0.3 is 45.3 Å². The Morgan fingerprint density at radius 2 is 0.915 bits per heavy atom. The first-order valence-corrected chi connectivity index (χ1v) is 34.9. The van der Waals surface area contributed by atoms with E-state index < -0.39 is 48.8 Å². The lowest BCUT2D eigenvalue weighted by atomic mass is 9.99. The van der Waals surface area contributed by atoms with Gasteiger partial charge in [-0.2, -0.15) is 11.8 Å². The lowest BCUT2D eigenvalue weighted by Gasteiger charge is -2.38. The minimum Gasteiger partial charge on any atom is -0.462 e. The van der Waals surface area contributed by atoms with Crippen LogP contribution in [0.3, 0.4) is 0 Å². The fourth-order valence-electron chi connectivity index (χ4n) is 10.7. The van der Waals surface area contributed by atoms with Crippen molar-refractivity contribution < 1.29 is 53.8 Å². The number of amides is 2. The molecule has 7 atom stereocenters. The second kappa shape index (κ2) is 52.5. The van der Waals surface area contributed by atoms with Crippen LogP contribution in [0.25, 0.3) is 0 Å². The highest BCUT2D eigenvalue weighted by molar-refractivity contribution is 7.99. The van der Waals surface area contributed by atoms with Gasteiger partial charge in [-0.05, 0) is 19.3 Å². The Morgan fingerprint density at radius 1 is 0.524 bits per heavy atom. The second-order valence-corrected chi connectivity index (χ2v) is 24.9. The monoisotopic (exact) mass is 1180 g/mol. The molecular formula is C65H121N5O11S. The Bertz CT molecular complexity index is 1690. The van der Waals surface area contributed by atoms with Gasteiger partial charge in [-0.25, -0.2) is 4.68 Å². The van der Waals surface area contributed by atoms with E-state index in [2.05, 4.69) is 41.7 Å². The summed E-state index contributed by atoms with van der Waals surface area (Å²) in [6.07, 6.45) is 44.6. The van der Waals surface area contributed by atoms with Crippen molar-refractivity contribution >= 4 is 41.3 Å². The summed E-state index contributed by atoms with van der Waals surface area (Å²) in [5, 5.41) is 54.2. The van der Waals surface area contributed by atoms with Gasteiger partial charge in [-0.1, -0.05) is 276 Å². The van der Waals surface area contributed by atoms with Crippen LogP contribution < -0.4 is 10.6 Å². The SMILES string of the molecule is CCCCCCCCCCCCCCCCC(=O)N[C@H](CSC[C@@H](COC(=O)CCCCCCCCCCCCCCCC)OC(=O)CCCCCCCCCCCCCCCC)C(=O)Nc1cn(CC2OC(O)C(O)C(O)C2O)nn1. The molecule has 1 aromatic heterocycles. The van der Waals surface area contributed by atoms with Crippen LogP contribution in [0.15, 0.2) is 6.20 Å². The maximum atomic E-state index is 13.9. The molecule has 0 spiro atoms. The molecule has 0 aromatic carbocycles. The van der Waals surface area contributed by atoms with Crippen molar-refractivity contribution in [1.29, 1.82) is 0 Å². The molecular weight excluding hydrogens is 1060 g/mol. The molecule has 1 saturated heterocycles. The van der Waals surface area contributed by atoms with E-state index >= 15 is 0 Å². The first-order valence-electron chi connectivity index (χ1n) is 33.8. The Kier molecular flexibility index (Phi) is 48.2. The Morgan fingerprint density at radius 3 is 1.34 bits per heavy atom. The van der Waals surface area contributed by atoms with Crippen LogP contribution in [0, 0.1) is 0 Å². The van der Waals surface area contributed by atoms with Gasteiger partial charge in [0.25, 0.3) is 0 Å². The van der Waals surface area contributed by atoms with Crippen molar-refractivity contribution in [2.24, 2.45) is 0 Å². The van der Waals surface area contributed by atoms with Crippen LogP contribution in [0.5, 0.6) is 0 Å². The molecule has 2 rings (SSSR count). The van der Waals surface area contributed by atoms with E-state index in [0.717, 1.165) is 64.2 Å². The molecule has 0 bridgehead atoms. The van der Waals surface area contributed by atoms with Gasteiger partial charge in [-0.15, -0.1) is 5.10 Å². The van der Waals surface area contributed by atoms with Crippen LogP contribution >= 0.6 is 11.8 Å². The van der Waals surface area contributed by atoms with Gasteiger partial charge in [0.1, 0.15) is 43.2 Å². The number of nitrogens with one attached hydrogen (secondary N) is 2. The van der Waals surface area contributed by atoms with E-state index in [9.17, 15) is 39.6 Å². The Balaban J connectivity index is 1.97. The molecule has 16 nitrogen and oxygen atoms in total. The highest BCUT2D eigenvalue weighted by Crippen LogP contribution is 2.23. The normalized spacial score (nSPS) is 17.9. The van der Waals surface area contributed by atoms with Gasteiger partial charge in [0.05, 0.1) is 12.7 Å². The third-order valence-corrected chi connectivity index (χ3v) is 17.2. The fourth-order valence-corrected chi connectivity index (χ4v) is 11.8. The second-order valence-electron chi connectivity index (χ2n) is 23.8. The quantitative estimate of drug-likeness (QED) is 0.0263. The summed E-state index contributed by atoms with van der Waals surface area (Å²) in [5.74, 6) is -1.10. The van der Waals surface area contributed by atoms with E-state index in [4.69, 9.17) is 14.2 Å². The number of carbonyl (C=O) groups is 4. The molecule has 1 fully saturated rings. The van der Waals surface area contributed by atoms with Gasteiger partial charge in [0.15, 0.2) is 12.1 Å². The van der Waals surface area contributed by atoms with E-state index in [1.54, 1.807) is 0 Å². The number of hydrogen-bond acceptors (Lipinski definition) is 14.